The van der Waals surface area contributed by atoms with Crippen LogP contribution in [0.1, 0.15) is 26.8 Å². The van der Waals surface area contributed by atoms with E-state index >= 15 is 0 Å². The molecule has 0 spiro atoms. The molecule has 0 bridgehead atoms. The summed E-state index contributed by atoms with van der Waals surface area (Å²) in [6, 6.07) is 5.77. The maximum absolute atomic E-state index is 12.3. The molecule has 0 radical (unpaired) electrons. The highest BCUT2D eigenvalue weighted by Gasteiger charge is 2.21. The number of nitrogens with one attached hydrogen (secondary N) is 3. The van der Waals surface area contributed by atoms with Crippen molar-refractivity contribution in [3.05, 3.63) is 51.7 Å². The molecule has 0 fully saturated rings. The SMILES string of the molecule is O=C(NCCc1nc(-c2ccccn2)cs1)c1n[nH]c2c1CNCC2. The summed E-state index contributed by atoms with van der Waals surface area (Å²) in [6.07, 6.45) is 3.33. The lowest BCUT2D eigenvalue weighted by Crippen LogP contribution is -2.29. The summed E-state index contributed by atoms with van der Waals surface area (Å²) < 4.78 is 0. The number of rotatable bonds is 5. The topological polar surface area (TPSA) is 95.6 Å². The number of hydrogen-bond donors (Lipinski definition) is 3. The van der Waals surface area contributed by atoms with Crippen LogP contribution in [0, 0.1) is 0 Å². The Morgan fingerprint density at radius 2 is 2.28 bits per heavy atom. The van der Waals surface area contributed by atoms with Crippen LogP contribution in [-0.2, 0) is 19.4 Å². The summed E-state index contributed by atoms with van der Waals surface area (Å²) in [5, 5.41) is 16.3. The van der Waals surface area contributed by atoms with Crippen LogP contribution in [0.3, 0.4) is 0 Å². The Bertz CT molecular complexity index is 872. The van der Waals surface area contributed by atoms with E-state index in [1.807, 2.05) is 23.6 Å². The van der Waals surface area contributed by atoms with E-state index in [2.05, 4.69) is 30.8 Å². The summed E-state index contributed by atoms with van der Waals surface area (Å²) in [7, 11) is 0. The van der Waals surface area contributed by atoms with E-state index in [-0.39, 0.29) is 5.91 Å². The molecule has 8 heteroatoms. The standard InChI is InChI=1S/C17H18N6OS/c24-17(16-11-9-18-7-4-12(11)22-23-16)20-8-5-15-21-14(10-25-15)13-3-1-2-6-19-13/h1-3,6,10,18H,4-5,7-9H2,(H,20,24)(H,22,23). The number of carbonyl (C=O) groups excluding carboxylic acids is 1. The number of aromatic amines is 1. The minimum Gasteiger partial charge on any atom is -0.350 e. The third-order valence-electron chi connectivity index (χ3n) is 4.12. The molecule has 3 aromatic heterocycles. The molecule has 0 saturated carbocycles. The first-order valence-electron chi connectivity index (χ1n) is 8.22. The molecular formula is C17H18N6OS. The van der Waals surface area contributed by atoms with Crippen molar-refractivity contribution >= 4 is 17.2 Å². The van der Waals surface area contributed by atoms with Gasteiger partial charge in [-0.3, -0.25) is 14.9 Å². The fourth-order valence-corrected chi connectivity index (χ4v) is 3.63. The molecule has 3 aromatic rings. The Labute approximate surface area is 148 Å². The van der Waals surface area contributed by atoms with E-state index in [9.17, 15) is 4.79 Å². The van der Waals surface area contributed by atoms with Crippen LogP contribution < -0.4 is 10.6 Å². The van der Waals surface area contributed by atoms with Gasteiger partial charge in [-0.25, -0.2) is 4.98 Å². The third-order valence-corrected chi connectivity index (χ3v) is 5.03. The van der Waals surface area contributed by atoms with E-state index in [0.29, 0.717) is 25.2 Å². The summed E-state index contributed by atoms with van der Waals surface area (Å²) in [5.74, 6) is -0.136. The molecule has 0 saturated heterocycles. The van der Waals surface area contributed by atoms with Gasteiger partial charge >= 0.3 is 0 Å². The van der Waals surface area contributed by atoms with Gasteiger partial charge in [-0.1, -0.05) is 6.07 Å². The minimum atomic E-state index is -0.136. The lowest BCUT2D eigenvalue weighted by atomic mass is 10.1. The van der Waals surface area contributed by atoms with Gasteiger partial charge in [0.1, 0.15) is 0 Å². The summed E-state index contributed by atoms with van der Waals surface area (Å²) in [5.41, 5.74) is 4.28. The van der Waals surface area contributed by atoms with Crippen molar-refractivity contribution in [2.45, 2.75) is 19.4 Å². The van der Waals surface area contributed by atoms with Crippen LogP contribution in [-0.4, -0.2) is 39.2 Å². The first-order valence-corrected chi connectivity index (χ1v) is 9.10. The van der Waals surface area contributed by atoms with E-state index < -0.39 is 0 Å². The second kappa shape index (κ2) is 7.12. The van der Waals surface area contributed by atoms with E-state index in [4.69, 9.17) is 0 Å². The number of H-pyrrole nitrogens is 1. The third kappa shape index (κ3) is 3.45. The predicted molar refractivity (Wildman–Crippen MR) is 95.4 cm³/mol. The van der Waals surface area contributed by atoms with E-state index in [1.165, 1.54) is 0 Å². The van der Waals surface area contributed by atoms with Gasteiger partial charge in [-0.15, -0.1) is 11.3 Å². The van der Waals surface area contributed by atoms with Gasteiger partial charge in [0.15, 0.2) is 5.69 Å². The van der Waals surface area contributed by atoms with Gasteiger partial charge in [0.05, 0.1) is 16.4 Å². The number of hydrogen-bond acceptors (Lipinski definition) is 6. The van der Waals surface area contributed by atoms with Crippen molar-refractivity contribution in [2.24, 2.45) is 0 Å². The van der Waals surface area contributed by atoms with Gasteiger partial charge in [-0.2, -0.15) is 5.10 Å². The molecular weight excluding hydrogens is 336 g/mol. The number of nitrogens with zero attached hydrogens (tertiary/aromatic N) is 3. The minimum absolute atomic E-state index is 0.136. The molecule has 0 atom stereocenters. The number of pyridine rings is 1. The van der Waals surface area contributed by atoms with Gasteiger partial charge in [0.25, 0.3) is 5.91 Å². The summed E-state index contributed by atoms with van der Waals surface area (Å²) >= 11 is 1.58. The molecule has 0 aromatic carbocycles. The van der Waals surface area contributed by atoms with Gasteiger partial charge in [-0.05, 0) is 12.1 Å². The zero-order valence-electron chi connectivity index (χ0n) is 13.6. The smallest absolute Gasteiger partial charge is 0.272 e. The van der Waals surface area contributed by atoms with Crippen LogP contribution in [0.15, 0.2) is 29.8 Å². The first kappa shape index (κ1) is 15.9. The van der Waals surface area contributed by atoms with Crippen LogP contribution in [0.5, 0.6) is 0 Å². The second-order valence-corrected chi connectivity index (χ2v) is 6.75. The fourth-order valence-electron chi connectivity index (χ4n) is 2.84. The van der Waals surface area contributed by atoms with Crippen molar-refractivity contribution < 1.29 is 4.79 Å². The Hall–Kier alpha value is -2.58. The van der Waals surface area contributed by atoms with Crippen molar-refractivity contribution in [3.8, 4) is 11.4 Å². The van der Waals surface area contributed by atoms with Crippen LogP contribution in [0.2, 0.25) is 0 Å². The van der Waals surface area contributed by atoms with Crippen LogP contribution >= 0.6 is 11.3 Å². The fraction of sp³-hybridized carbons (Fsp3) is 0.294. The average Bonchev–Trinajstić information content (AvgIpc) is 3.29. The molecule has 0 unspecified atom stereocenters. The number of fused-ring (bicyclic) bond motifs is 1. The molecule has 4 heterocycles. The number of aromatic nitrogens is 4. The van der Waals surface area contributed by atoms with Crippen LogP contribution in [0.25, 0.3) is 11.4 Å². The second-order valence-electron chi connectivity index (χ2n) is 5.80. The van der Waals surface area contributed by atoms with Crippen LogP contribution in [0.4, 0.5) is 0 Å². The van der Waals surface area contributed by atoms with Gasteiger partial charge < -0.3 is 10.6 Å². The zero-order valence-corrected chi connectivity index (χ0v) is 14.4. The molecule has 1 aliphatic rings. The lowest BCUT2D eigenvalue weighted by Gasteiger charge is -2.12. The highest BCUT2D eigenvalue weighted by Crippen LogP contribution is 2.20. The number of thiazole rings is 1. The maximum Gasteiger partial charge on any atom is 0.272 e. The van der Waals surface area contributed by atoms with E-state index in [0.717, 1.165) is 40.6 Å². The highest BCUT2D eigenvalue weighted by molar-refractivity contribution is 7.09. The Morgan fingerprint density at radius 1 is 1.32 bits per heavy atom. The predicted octanol–water partition coefficient (Wildman–Crippen LogP) is 1.55. The van der Waals surface area contributed by atoms with Crippen molar-refractivity contribution in [1.29, 1.82) is 0 Å². The molecule has 128 valence electrons. The molecule has 7 nitrogen and oxygen atoms in total. The number of carbonyl (C=O) groups is 1. The molecule has 25 heavy (non-hydrogen) atoms. The maximum atomic E-state index is 12.3. The zero-order chi connectivity index (χ0) is 17.1. The number of amides is 1. The lowest BCUT2D eigenvalue weighted by molar-refractivity contribution is 0.0948. The summed E-state index contributed by atoms with van der Waals surface area (Å²) in [6.45, 7) is 2.14. The first-order chi connectivity index (χ1) is 12.3. The quantitative estimate of drug-likeness (QED) is 0.646. The normalized spacial score (nSPS) is 13.4. The molecule has 0 aliphatic carbocycles. The van der Waals surface area contributed by atoms with Crippen molar-refractivity contribution in [1.82, 2.24) is 30.8 Å². The average molecular weight is 354 g/mol. The monoisotopic (exact) mass is 354 g/mol. The largest absolute Gasteiger partial charge is 0.350 e. The molecule has 1 aliphatic heterocycles. The highest BCUT2D eigenvalue weighted by atomic mass is 32.1. The summed E-state index contributed by atoms with van der Waals surface area (Å²) in [4.78, 5) is 21.2. The van der Waals surface area contributed by atoms with Gasteiger partial charge in [0.2, 0.25) is 0 Å². The molecule has 1 amide bonds. The van der Waals surface area contributed by atoms with E-state index in [1.54, 1.807) is 17.5 Å². The Kier molecular flexibility index (Phi) is 4.53. The van der Waals surface area contributed by atoms with Crippen molar-refractivity contribution in [3.63, 3.8) is 0 Å². The van der Waals surface area contributed by atoms with Gasteiger partial charge in [0, 0.05) is 55.3 Å². The molecule has 3 N–H and O–H groups in total. The Morgan fingerprint density at radius 3 is 3.16 bits per heavy atom. The van der Waals surface area contributed by atoms with Crippen molar-refractivity contribution in [2.75, 3.05) is 13.1 Å². The Balaban J connectivity index is 1.34. The molecule has 4 rings (SSSR count).